The summed E-state index contributed by atoms with van der Waals surface area (Å²) in [5.74, 6) is 0. The van der Waals surface area contributed by atoms with Crippen molar-refractivity contribution >= 4 is 11.8 Å². The molecule has 0 bridgehead atoms. The summed E-state index contributed by atoms with van der Waals surface area (Å²) >= 11 is 0. The normalized spacial score (nSPS) is 12.3. The lowest BCUT2D eigenvalue weighted by Gasteiger charge is -2.14. The maximum atomic E-state index is 13.1. The number of aryl methyl sites for hydroxylation is 1. The lowest BCUT2D eigenvalue weighted by atomic mass is 10.1. The van der Waals surface area contributed by atoms with Gasteiger partial charge in [-0.15, -0.1) is 0 Å². The molecular formula is C17H16F3N. The number of rotatable bonds is 4. The number of allylic oxidation sites excluding steroid dienone is 1. The first-order valence-corrected chi connectivity index (χ1v) is 6.69. The molecule has 0 amide bonds. The quantitative estimate of drug-likeness (QED) is 0.809. The molecular weight excluding hydrogens is 275 g/mol. The SMILES string of the molecule is CCc1ccc(C=C(Nc2ccccc2)C(F)(F)F)cc1. The van der Waals surface area contributed by atoms with Crippen molar-refractivity contribution in [3.8, 4) is 0 Å². The van der Waals surface area contributed by atoms with Crippen molar-refractivity contribution in [1.29, 1.82) is 0 Å². The Morgan fingerprint density at radius 1 is 1.00 bits per heavy atom. The molecule has 2 rings (SSSR count). The van der Waals surface area contributed by atoms with E-state index >= 15 is 0 Å². The third-order valence-electron chi connectivity index (χ3n) is 3.06. The van der Waals surface area contributed by atoms with Gasteiger partial charge in [0.1, 0.15) is 5.70 Å². The van der Waals surface area contributed by atoms with Gasteiger partial charge in [0.2, 0.25) is 0 Å². The number of nitrogens with one attached hydrogen (secondary N) is 1. The molecule has 0 saturated heterocycles. The molecule has 2 aromatic carbocycles. The molecule has 0 aliphatic heterocycles. The van der Waals surface area contributed by atoms with Gasteiger partial charge >= 0.3 is 6.18 Å². The summed E-state index contributed by atoms with van der Waals surface area (Å²) in [5, 5.41) is 2.43. The van der Waals surface area contributed by atoms with Crippen molar-refractivity contribution in [2.45, 2.75) is 19.5 Å². The highest BCUT2D eigenvalue weighted by Crippen LogP contribution is 2.28. The van der Waals surface area contributed by atoms with Crippen LogP contribution in [0.5, 0.6) is 0 Å². The van der Waals surface area contributed by atoms with Crippen LogP contribution < -0.4 is 5.32 Å². The molecule has 21 heavy (non-hydrogen) atoms. The highest BCUT2D eigenvalue weighted by Gasteiger charge is 2.33. The Labute approximate surface area is 122 Å². The van der Waals surface area contributed by atoms with E-state index in [9.17, 15) is 13.2 Å². The van der Waals surface area contributed by atoms with Crippen molar-refractivity contribution in [2.24, 2.45) is 0 Å². The van der Waals surface area contributed by atoms with E-state index in [0.717, 1.165) is 18.1 Å². The number of benzene rings is 2. The van der Waals surface area contributed by atoms with Crippen LogP contribution in [0, 0.1) is 0 Å². The molecule has 0 aliphatic carbocycles. The largest absolute Gasteiger partial charge is 0.431 e. The Morgan fingerprint density at radius 3 is 2.14 bits per heavy atom. The van der Waals surface area contributed by atoms with Crippen LogP contribution in [-0.2, 0) is 6.42 Å². The lowest BCUT2D eigenvalue weighted by molar-refractivity contribution is -0.0893. The molecule has 110 valence electrons. The van der Waals surface area contributed by atoms with Gasteiger partial charge in [-0.3, -0.25) is 0 Å². The van der Waals surface area contributed by atoms with Crippen LogP contribution in [0.25, 0.3) is 6.08 Å². The molecule has 0 heterocycles. The van der Waals surface area contributed by atoms with Crippen molar-refractivity contribution < 1.29 is 13.2 Å². The van der Waals surface area contributed by atoms with E-state index in [1.165, 1.54) is 0 Å². The Hall–Kier alpha value is -2.23. The topological polar surface area (TPSA) is 12.0 Å². The van der Waals surface area contributed by atoms with Crippen molar-refractivity contribution in [3.05, 3.63) is 71.4 Å². The van der Waals surface area contributed by atoms with Gasteiger partial charge in [-0.1, -0.05) is 49.4 Å². The smallest absolute Gasteiger partial charge is 0.352 e. The van der Waals surface area contributed by atoms with E-state index < -0.39 is 11.9 Å². The van der Waals surface area contributed by atoms with Crippen LogP contribution in [0.4, 0.5) is 18.9 Å². The van der Waals surface area contributed by atoms with Crippen LogP contribution in [-0.4, -0.2) is 6.18 Å². The molecule has 0 radical (unpaired) electrons. The van der Waals surface area contributed by atoms with Crippen LogP contribution in [0.2, 0.25) is 0 Å². The van der Waals surface area contributed by atoms with E-state index in [2.05, 4.69) is 5.32 Å². The number of halogens is 3. The standard InChI is InChI=1S/C17H16F3N/c1-2-13-8-10-14(11-9-13)12-16(17(18,19)20)21-15-6-4-3-5-7-15/h3-12,21H,2H2,1H3. The minimum Gasteiger partial charge on any atom is -0.352 e. The second-order valence-electron chi connectivity index (χ2n) is 4.64. The fourth-order valence-electron chi connectivity index (χ4n) is 1.88. The molecule has 0 unspecified atom stereocenters. The van der Waals surface area contributed by atoms with E-state index in [-0.39, 0.29) is 0 Å². The molecule has 0 atom stereocenters. The second-order valence-corrected chi connectivity index (χ2v) is 4.64. The van der Waals surface area contributed by atoms with Crippen LogP contribution in [0.1, 0.15) is 18.1 Å². The first-order chi connectivity index (χ1) is 9.99. The lowest BCUT2D eigenvalue weighted by Crippen LogP contribution is -2.18. The van der Waals surface area contributed by atoms with Gasteiger partial charge in [-0.05, 0) is 35.8 Å². The fourth-order valence-corrected chi connectivity index (χ4v) is 1.88. The predicted molar refractivity (Wildman–Crippen MR) is 79.9 cm³/mol. The first kappa shape index (κ1) is 15.2. The van der Waals surface area contributed by atoms with E-state index in [4.69, 9.17) is 0 Å². The Morgan fingerprint density at radius 2 is 1.62 bits per heavy atom. The van der Waals surface area contributed by atoms with E-state index in [0.29, 0.717) is 11.3 Å². The average molecular weight is 291 g/mol. The molecule has 2 aromatic rings. The molecule has 1 N–H and O–H groups in total. The van der Waals surface area contributed by atoms with Crippen LogP contribution in [0.3, 0.4) is 0 Å². The number of para-hydroxylation sites is 1. The first-order valence-electron chi connectivity index (χ1n) is 6.69. The Kier molecular flexibility index (Phi) is 4.68. The van der Waals surface area contributed by atoms with Gasteiger partial charge in [0, 0.05) is 5.69 Å². The van der Waals surface area contributed by atoms with Gasteiger partial charge in [0.15, 0.2) is 0 Å². The molecule has 1 nitrogen and oxygen atoms in total. The van der Waals surface area contributed by atoms with Crippen molar-refractivity contribution in [2.75, 3.05) is 5.32 Å². The zero-order valence-corrected chi connectivity index (χ0v) is 11.6. The number of hydrogen-bond donors (Lipinski definition) is 1. The van der Waals surface area contributed by atoms with Gasteiger partial charge in [-0.2, -0.15) is 13.2 Å². The van der Waals surface area contributed by atoms with Crippen LogP contribution in [0.15, 0.2) is 60.3 Å². The third kappa shape index (κ3) is 4.38. The van der Waals surface area contributed by atoms with E-state index in [1.807, 2.05) is 19.1 Å². The minimum atomic E-state index is -4.43. The predicted octanol–water partition coefficient (Wildman–Crippen LogP) is 5.26. The maximum absolute atomic E-state index is 13.1. The average Bonchev–Trinajstić information content (AvgIpc) is 2.47. The molecule has 4 heteroatoms. The van der Waals surface area contributed by atoms with Gasteiger partial charge in [0.05, 0.1) is 0 Å². The summed E-state index contributed by atoms with van der Waals surface area (Å²) in [6, 6.07) is 15.4. The summed E-state index contributed by atoms with van der Waals surface area (Å²) in [6.07, 6.45) is -2.45. The number of anilines is 1. The Bertz CT molecular complexity index is 598. The van der Waals surface area contributed by atoms with Gasteiger partial charge < -0.3 is 5.32 Å². The summed E-state index contributed by atoms with van der Waals surface area (Å²) in [4.78, 5) is 0. The summed E-state index contributed by atoms with van der Waals surface area (Å²) in [7, 11) is 0. The summed E-state index contributed by atoms with van der Waals surface area (Å²) in [5.41, 5.74) is 1.24. The zero-order chi connectivity index (χ0) is 15.3. The monoisotopic (exact) mass is 291 g/mol. The Balaban J connectivity index is 2.29. The molecule has 0 aromatic heterocycles. The molecule has 0 aliphatic rings. The number of hydrogen-bond acceptors (Lipinski definition) is 1. The maximum Gasteiger partial charge on any atom is 0.431 e. The zero-order valence-electron chi connectivity index (χ0n) is 11.6. The molecule has 0 saturated carbocycles. The summed E-state index contributed by atoms with van der Waals surface area (Å²) < 4.78 is 39.3. The van der Waals surface area contributed by atoms with Crippen LogP contribution >= 0.6 is 0 Å². The van der Waals surface area contributed by atoms with E-state index in [1.54, 1.807) is 42.5 Å². The summed E-state index contributed by atoms with van der Waals surface area (Å²) in [6.45, 7) is 2.00. The second kappa shape index (κ2) is 6.48. The molecule has 0 fully saturated rings. The van der Waals surface area contributed by atoms with Gasteiger partial charge in [-0.25, -0.2) is 0 Å². The molecule has 0 spiro atoms. The fraction of sp³-hybridized carbons (Fsp3) is 0.176. The van der Waals surface area contributed by atoms with Crippen molar-refractivity contribution in [3.63, 3.8) is 0 Å². The van der Waals surface area contributed by atoms with Crippen molar-refractivity contribution in [1.82, 2.24) is 0 Å². The van der Waals surface area contributed by atoms with Gasteiger partial charge in [0.25, 0.3) is 0 Å². The third-order valence-corrected chi connectivity index (χ3v) is 3.06. The highest BCUT2D eigenvalue weighted by atomic mass is 19.4. The minimum absolute atomic E-state index is 0.409. The number of alkyl halides is 3. The highest BCUT2D eigenvalue weighted by molar-refractivity contribution is 5.61.